The van der Waals surface area contributed by atoms with Gasteiger partial charge in [-0.1, -0.05) is 30.3 Å². The van der Waals surface area contributed by atoms with Crippen molar-refractivity contribution in [2.45, 2.75) is 13.5 Å². The van der Waals surface area contributed by atoms with Crippen LogP contribution < -0.4 is 0 Å². The van der Waals surface area contributed by atoms with Gasteiger partial charge in [-0.05, 0) is 12.5 Å². The lowest BCUT2D eigenvalue weighted by molar-refractivity contribution is 0.689. The molecule has 1 atom stereocenters. The van der Waals surface area contributed by atoms with E-state index < -0.39 is 10.8 Å². The van der Waals surface area contributed by atoms with E-state index >= 15 is 0 Å². The van der Waals surface area contributed by atoms with Crippen LogP contribution in [0.1, 0.15) is 12.5 Å². The van der Waals surface area contributed by atoms with Gasteiger partial charge in [0.25, 0.3) is 0 Å². The van der Waals surface area contributed by atoms with Crippen LogP contribution in [0.5, 0.6) is 0 Å². The van der Waals surface area contributed by atoms with Crippen molar-refractivity contribution in [1.82, 2.24) is 0 Å². The van der Waals surface area contributed by atoms with E-state index in [2.05, 4.69) is 4.99 Å². The Hall–Kier alpha value is -0.960. The van der Waals surface area contributed by atoms with Gasteiger partial charge in [0.1, 0.15) is 0 Å². The number of hydrogen-bond acceptors (Lipinski definition) is 2. The maximum Gasteiger partial charge on any atom is 0.0639 e. The summed E-state index contributed by atoms with van der Waals surface area (Å²) in [5, 5.41) is 0. The average molecular weight is 209 g/mol. The first-order valence-electron chi connectivity index (χ1n) is 4.52. The lowest BCUT2D eigenvalue weighted by atomic mass is 10.2. The zero-order valence-electron chi connectivity index (χ0n) is 8.56. The summed E-state index contributed by atoms with van der Waals surface area (Å²) in [6, 6.07) is 10.1. The number of rotatable bonds is 4. The molecule has 0 spiro atoms. The van der Waals surface area contributed by atoms with Crippen LogP contribution in [0.15, 0.2) is 35.3 Å². The van der Waals surface area contributed by atoms with Gasteiger partial charge in [-0.3, -0.25) is 9.20 Å². The largest absolute Gasteiger partial charge is 0.289 e. The minimum absolute atomic E-state index is 0.576. The molecule has 2 nitrogen and oxygen atoms in total. The molecule has 0 amide bonds. The van der Waals surface area contributed by atoms with E-state index in [0.29, 0.717) is 12.3 Å². The number of hydrogen-bond donors (Lipinski definition) is 0. The van der Waals surface area contributed by atoms with Crippen molar-refractivity contribution in [3.8, 4) is 0 Å². The Morgan fingerprint density at radius 2 is 2.00 bits per heavy atom. The third-order valence-corrected chi connectivity index (χ3v) is 2.61. The maximum absolute atomic E-state index is 10.9. The van der Waals surface area contributed by atoms with Crippen LogP contribution in [0.25, 0.3) is 0 Å². The summed E-state index contributed by atoms with van der Waals surface area (Å²) in [4.78, 5) is 4.36. The Morgan fingerprint density at radius 1 is 1.36 bits per heavy atom. The highest BCUT2D eigenvalue weighted by Crippen LogP contribution is 2.00. The summed E-state index contributed by atoms with van der Waals surface area (Å²) in [5.74, 6) is 0.576. The van der Waals surface area contributed by atoms with E-state index in [0.717, 1.165) is 5.71 Å². The second-order valence-corrected chi connectivity index (χ2v) is 4.69. The first kappa shape index (κ1) is 11.1. The molecule has 0 radical (unpaired) electrons. The lowest BCUT2D eigenvalue weighted by Gasteiger charge is -1.98. The molecule has 0 saturated heterocycles. The van der Waals surface area contributed by atoms with E-state index in [9.17, 15) is 4.21 Å². The summed E-state index contributed by atoms with van der Waals surface area (Å²) < 4.78 is 10.9. The van der Waals surface area contributed by atoms with Crippen LogP contribution in [0.3, 0.4) is 0 Å². The molecule has 1 rings (SSSR count). The monoisotopic (exact) mass is 209 g/mol. The normalized spacial score (nSPS) is 14.0. The molecule has 0 aliphatic rings. The van der Waals surface area contributed by atoms with Crippen LogP contribution in [-0.2, 0) is 17.3 Å². The Bertz CT molecular complexity index is 332. The molecule has 0 heterocycles. The van der Waals surface area contributed by atoms with E-state index in [1.807, 2.05) is 37.3 Å². The number of benzene rings is 1. The molecule has 0 aliphatic heterocycles. The van der Waals surface area contributed by atoms with Crippen molar-refractivity contribution < 1.29 is 4.21 Å². The third kappa shape index (κ3) is 4.33. The van der Waals surface area contributed by atoms with Gasteiger partial charge in [0.2, 0.25) is 0 Å². The summed E-state index contributed by atoms with van der Waals surface area (Å²) in [6.45, 7) is 2.61. The predicted octanol–water partition coefficient (Wildman–Crippen LogP) is 2.03. The molecule has 0 saturated carbocycles. The zero-order chi connectivity index (χ0) is 10.4. The summed E-state index contributed by atoms with van der Waals surface area (Å²) in [7, 11) is -0.784. The first-order valence-corrected chi connectivity index (χ1v) is 6.25. The van der Waals surface area contributed by atoms with Crippen molar-refractivity contribution in [1.29, 1.82) is 0 Å². The number of aliphatic imine (C=N–C) groups is 1. The molecule has 76 valence electrons. The van der Waals surface area contributed by atoms with E-state index in [4.69, 9.17) is 0 Å². The van der Waals surface area contributed by atoms with E-state index in [1.165, 1.54) is 5.56 Å². The zero-order valence-corrected chi connectivity index (χ0v) is 9.38. The maximum atomic E-state index is 10.9. The van der Waals surface area contributed by atoms with Gasteiger partial charge in [-0.25, -0.2) is 0 Å². The second-order valence-electron chi connectivity index (χ2n) is 3.25. The van der Waals surface area contributed by atoms with Crippen molar-refractivity contribution in [3.05, 3.63) is 35.9 Å². The fraction of sp³-hybridized carbons (Fsp3) is 0.364. The molecule has 1 aromatic carbocycles. The van der Waals surface area contributed by atoms with Crippen molar-refractivity contribution in [3.63, 3.8) is 0 Å². The van der Waals surface area contributed by atoms with Crippen LogP contribution in [0.4, 0.5) is 0 Å². The molecule has 14 heavy (non-hydrogen) atoms. The summed E-state index contributed by atoms with van der Waals surface area (Å²) in [6.07, 6.45) is 1.70. The van der Waals surface area contributed by atoms with E-state index in [-0.39, 0.29) is 0 Å². The summed E-state index contributed by atoms with van der Waals surface area (Å²) >= 11 is 0. The minimum Gasteiger partial charge on any atom is -0.289 e. The van der Waals surface area contributed by atoms with Gasteiger partial charge in [0.15, 0.2) is 0 Å². The molecule has 0 aliphatic carbocycles. The Kier molecular flexibility index (Phi) is 4.53. The standard InChI is InChI=1S/C11H15NOS/c1-10(9-14(2)13)12-8-11-6-4-3-5-7-11/h3-7H,8-9H2,1-2H3. The molecule has 1 unspecified atom stereocenters. The van der Waals surface area contributed by atoms with Gasteiger partial charge in [-0.15, -0.1) is 0 Å². The minimum atomic E-state index is -0.784. The predicted molar refractivity (Wildman–Crippen MR) is 62.2 cm³/mol. The Labute approximate surface area is 87.5 Å². The fourth-order valence-electron chi connectivity index (χ4n) is 1.15. The van der Waals surface area contributed by atoms with Crippen molar-refractivity contribution in [2.24, 2.45) is 4.99 Å². The van der Waals surface area contributed by atoms with Gasteiger partial charge in [0.05, 0.1) is 12.3 Å². The Balaban J connectivity index is 2.51. The third-order valence-electron chi connectivity index (χ3n) is 1.79. The fourth-order valence-corrected chi connectivity index (χ4v) is 1.83. The van der Waals surface area contributed by atoms with Gasteiger partial charge in [0, 0.05) is 22.8 Å². The van der Waals surface area contributed by atoms with Crippen LogP contribution >= 0.6 is 0 Å². The van der Waals surface area contributed by atoms with Crippen LogP contribution in [0.2, 0.25) is 0 Å². The number of nitrogens with zero attached hydrogens (tertiary/aromatic N) is 1. The molecule has 3 heteroatoms. The molecule has 0 aromatic heterocycles. The van der Waals surface area contributed by atoms with Gasteiger partial charge in [-0.2, -0.15) is 0 Å². The van der Waals surface area contributed by atoms with Crippen LogP contribution in [-0.4, -0.2) is 21.9 Å². The highest BCUT2D eigenvalue weighted by atomic mass is 32.2. The van der Waals surface area contributed by atoms with Gasteiger partial charge < -0.3 is 0 Å². The SMILES string of the molecule is CC(CS(C)=O)=NCc1ccccc1. The second kappa shape index (κ2) is 5.70. The molecule has 0 bridgehead atoms. The first-order chi connectivity index (χ1) is 6.68. The highest BCUT2D eigenvalue weighted by molar-refractivity contribution is 7.85. The highest BCUT2D eigenvalue weighted by Gasteiger charge is 1.95. The topological polar surface area (TPSA) is 29.4 Å². The Morgan fingerprint density at radius 3 is 2.57 bits per heavy atom. The molecular formula is C11H15NOS. The summed E-state index contributed by atoms with van der Waals surface area (Å²) in [5.41, 5.74) is 2.14. The van der Waals surface area contributed by atoms with Crippen molar-refractivity contribution in [2.75, 3.05) is 12.0 Å². The van der Waals surface area contributed by atoms with Crippen molar-refractivity contribution >= 4 is 16.5 Å². The van der Waals surface area contributed by atoms with E-state index in [1.54, 1.807) is 6.26 Å². The van der Waals surface area contributed by atoms with Gasteiger partial charge >= 0.3 is 0 Å². The smallest absolute Gasteiger partial charge is 0.0639 e. The van der Waals surface area contributed by atoms with Crippen LogP contribution in [0, 0.1) is 0 Å². The quantitative estimate of drug-likeness (QED) is 0.698. The lowest BCUT2D eigenvalue weighted by Crippen LogP contribution is -2.05. The molecule has 0 N–H and O–H groups in total. The molecule has 1 aromatic rings. The molecular weight excluding hydrogens is 194 g/mol. The molecule has 0 fully saturated rings. The average Bonchev–Trinajstić information content (AvgIpc) is 2.15.